The van der Waals surface area contributed by atoms with Gasteiger partial charge in [0.1, 0.15) is 5.75 Å². The highest BCUT2D eigenvalue weighted by Gasteiger charge is 2.03. The number of amides is 1. The lowest BCUT2D eigenvalue weighted by Crippen LogP contribution is -2.17. The number of aromatic hydroxyl groups is 1. The molecule has 0 atom stereocenters. The van der Waals surface area contributed by atoms with Crippen molar-refractivity contribution in [1.82, 2.24) is 9.99 Å². The molecule has 0 bridgehead atoms. The third-order valence-electron chi connectivity index (χ3n) is 2.36. The van der Waals surface area contributed by atoms with E-state index in [0.717, 1.165) is 5.56 Å². The molecule has 0 radical (unpaired) electrons. The Kier molecular flexibility index (Phi) is 3.43. The number of nitrogens with zero attached hydrogens (tertiary/aromatic N) is 2. The van der Waals surface area contributed by atoms with Gasteiger partial charge in [-0.1, -0.05) is 0 Å². The normalized spacial score (nSPS) is 10.7. The SMILES string of the molecule is Cn1ccc(/C=N\NC(=O)c2ccc(O)cc2)c1. The zero-order valence-electron chi connectivity index (χ0n) is 9.87. The van der Waals surface area contributed by atoms with Crippen molar-refractivity contribution in [3.63, 3.8) is 0 Å². The van der Waals surface area contributed by atoms with Crippen LogP contribution in [0, 0.1) is 0 Å². The number of phenolic OH excluding ortho intramolecular Hbond substituents is 1. The van der Waals surface area contributed by atoms with Crippen molar-refractivity contribution in [2.75, 3.05) is 0 Å². The summed E-state index contributed by atoms with van der Waals surface area (Å²) in [6.07, 6.45) is 5.34. The van der Waals surface area contributed by atoms with Gasteiger partial charge in [-0.25, -0.2) is 5.43 Å². The molecule has 1 heterocycles. The van der Waals surface area contributed by atoms with Crippen molar-refractivity contribution in [1.29, 1.82) is 0 Å². The molecule has 18 heavy (non-hydrogen) atoms. The predicted octanol–water partition coefficient (Wildman–Crippen LogP) is 1.49. The van der Waals surface area contributed by atoms with Crippen LogP contribution in [0.4, 0.5) is 0 Å². The Morgan fingerprint density at radius 2 is 2.06 bits per heavy atom. The van der Waals surface area contributed by atoms with Gasteiger partial charge in [0.05, 0.1) is 6.21 Å². The molecule has 0 aliphatic rings. The van der Waals surface area contributed by atoms with Crippen LogP contribution in [0.5, 0.6) is 5.75 Å². The minimum absolute atomic E-state index is 0.124. The lowest BCUT2D eigenvalue weighted by atomic mass is 10.2. The summed E-state index contributed by atoms with van der Waals surface area (Å²) in [5, 5.41) is 13.0. The third-order valence-corrected chi connectivity index (χ3v) is 2.36. The van der Waals surface area contributed by atoms with Crippen LogP contribution in [-0.4, -0.2) is 21.8 Å². The molecular weight excluding hydrogens is 230 g/mol. The molecule has 5 heteroatoms. The van der Waals surface area contributed by atoms with Gasteiger partial charge < -0.3 is 9.67 Å². The smallest absolute Gasteiger partial charge is 0.271 e. The fourth-order valence-electron chi connectivity index (χ4n) is 1.44. The second kappa shape index (κ2) is 5.18. The third kappa shape index (κ3) is 2.98. The van der Waals surface area contributed by atoms with E-state index in [1.807, 2.05) is 30.1 Å². The summed E-state index contributed by atoms with van der Waals surface area (Å²) in [5.41, 5.74) is 3.76. The van der Waals surface area contributed by atoms with Gasteiger partial charge in [0.15, 0.2) is 0 Å². The van der Waals surface area contributed by atoms with E-state index >= 15 is 0 Å². The van der Waals surface area contributed by atoms with Crippen molar-refractivity contribution < 1.29 is 9.90 Å². The first kappa shape index (κ1) is 11.9. The number of hydrogen-bond donors (Lipinski definition) is 2. The van der Waals surface area contributed by atoms with Crippen LogP contribution < -0.4 is 5.43 Å². The summed E-state index contributed by atoms with van der Waals surface area (Å²) in [6.45, 7) is 0. The minimum atomic E-state index is -0.317. The maximum Gasteiger partial charge on any atom is 0.271 e. The number of rotatable bonds is 3. The maximum absolute atomic E-state index is 11.6. The number of carbonyl (C=O) groups excluding carboxylic acids is 1. The number of phenols is 1. The van der Waals surface area contributed by atoms with Gasteiger partial charge >= 0.3 is 0 Å². The molecule has 92 valence electrons. The largest absolute Gasteiger partial charge is 0.508 e. The Bertz CT molecular complexity index is 570. The van der Waals surface area contributed by atoms with E-state index < -0.39 is 0 Å². The second-order valence-electron chi connectivity index (χ2n) is 3.86. The van der Waals surface area contributed by atoms with Gasteiger partial charge in [0, 0.05) is 30.6 Å². The molecule has 0 aliphatic carbocycles. The van der Waals surface area contributed by atoms with Crippen molar-refractivity contribution in [3.8, 4) is 5.75 Å². The first-order chi connectivity index (χ1) is 8.65. The molecular formula is C13H13N3O2. The summed E-state index contributed by atoms with van der Waals surface area (Å²) in [7, 11) is 1.91. The van der Waals surface area contributed by atoms with E-state index in [0.29, 0.717) is 5.56 Å². The first-order valence-corrected chi connectivity index (χ1v) is 5.39. The molecule has 2 aromatic rings. The van der Waals surface area contributed by atoms with Crippen molar-refractivity contribution in [3.05, 3.63) is 53.9 Å². The highest BCUT2D eigenvalue weighted by Crippen LogP contribution is 2.09. The number of carbonyl (C=O) groups is 1. The van der Waals surface area contributed by atoms with E-state index in [2.05, 4.69) is 10.5 Å². The summed E-state index contributed by atoms with van der Waals surface area (Å²) < 4.78 is 1.89. The van der Waals surface area contributed by atoms with Crippen LogP contribution >= 0.6 is 0 Å². The Morgan fingerprint density at radius 3 is 2.67 bits per heavy atom. The summed E-state index contributed by atoms with van der Waals surface area (Å²) >= 11 is 0. The van der Waals surface area contributed by atoms with Crippen LogP contribution in [0.2, 0.25) is 0 Å². The van der Waals surface area contributed by atoms with Crippen molar-refractivity contribution in [2.45, 2.75) is 0 Å². The summed E-state index contributed by atoms with van der Waals surface area (Å²) in [5.74, 6) is -0.193. The number of benzene rings is 1. The molecule has 2 rings (SSSR count). The molecule has 5 nitrogen and oxygen atoms in total. The summed E-state index contributed by atoms with van der Waals surface area (Å²) in [6, 6.07) is 7.85. The second-order valence-corrected chi connectivity index (χ2v) is 3.86. The van der Waals surface area contributed by atoms with Crippen LogP contribution in [0.15, 0.2) is 47.8 Å². The predicted molar refractivity (Wildman–Crippen MR) is 68.6 cm³/mol. The molecule has 2 N–H and O–H groups in total. The van der Waals surface area contributed by atoms with Gasteiger partial charge in [-0.2, -0.15) is 5.10 Å². The van der Waals surface area contributed by atoms with E-state index in [1.165, 1.54) is 24.3 Å². The minimum Gasteiger partial charge on any atom is -0.508 e. The van der Waals surface area contributed by atoms with Gasteiger partial charge in [0.2, 0.25) is 0 Å². The fraction of sp³-hybridized carbons (Fsp3) is 0.0769. The Labute approximate surface area is 104 Å². The molecule has 0 spiro atoms. The van der Waals surface area contributed by atoms with Crippen molar-refractivity contribution >= 4 is 12.1 Å². The van der Waals surface area contributed by atoms with Crippen LogP contribution in [0.25, 0.3) is 0 Å². The van der Waals surface area contributed by atoms with E-state index in [4.69, 9.17) is 5.11 Å². The lowest BCUT2D eigenvalue weighted by Gasteiger charge is -1.99. The number of hydrogen-bond acceptors (Lipinski definition) is 3. The first-order valence-electron chi connectivity index (χ1n) is 5.39. The average molecular weight is 243 g/mol. The number of aromatic nitrogens is 1. The van der Waals surface area contributed by atoms with E-state index in [9.17, 15) is 4.79 Å². The average Bonchev–Trinajstić information content (AvgIpc) is 2.76. The molecule has 0 aliphatic heterocycles. The topological polar surface area (TPSA) is 66.6 Å². The highest BCUT2D eigenvalue weighted by atomic mass is 16.3. The Hall–Kier alpha value is -2.56. The zero-order chi connectivity index (χ0) is 13.0. The van der Waals surface area contributed by atoms with Gasteiger partial charge in [-0.05, 0) is 30.3 Å². The molecule has 0 unspecified atom stereocenters. The quantitative estimate of drug-likeness (QED) is 0.633. The van der Waals surface area contributed by atoms with Gasteiger partial charge in [-0.15, -0.1) is 0 Å². The number of aryl methyl sites for hydroxylation is 1. The number of nitrogens with one attached hydrogen (secondary N) is 1. The van der Waals surface area contributed by atoms with Crippen LogP contribution in [-0.2, 0) is 7.05 Å². The summed E-state index contributed by atoms with van der Waals surface area (Å²) in [4.78, 5) is 11.6. The maximum atomic E-state index is 11.6. The number of hydrazone groups is 1. The standard InChI is InChI=1S/C13H13N3O2/c1-16-7-6-10(9-16)8-14-15-13(18)11-2-4-12(17)5-3-11/h2-9,17H,1H3,(H,15,18)/b14-8-. The van der Waals surface area contributed by atoms with Crippen LogP contribution in [0.3, 0.4) is 0 Å². The van der Waals surface area contributed by atoms with Gasteiger partial charge in [0.25, 0.3) is 5.91 Å². The molecule has 1 amide bonds. The van der Waals surface area contributed by atoms with Crippen LogP contribution in [0.1, 0.15) is 15.9 Å². The molecule has 0 saturated carbocycles. The van der Waals surface area contributed by atoms with E-state index in [1.54, 1.807) is 6.21 Å². The molecule has 1 aromatic heterocycles. The molecule has 0 saturated heterocycles. The molecule has 0 fully saturated rings. The Morgan fingerprint density at radius 1 is 1.33 bits per heavy atom. The zero-order valence-corrected chi connectivity index (χ0v) is 9.87. The fourth-order valence-corrected chi connectivity index (χ4v) is 1.44. The van der Waals surface area contributed by atoms with Crippen molar-refractivity contribution in [2.24, 2.45) is 12.1 Å². The Balaban J connectivity index is 1.96. The van der Waals surface area contributed by atoms with Gasteiger partial charge in [-0.3, -0.25) is 4.79 Å². The highest BCUT2D eigenvalue weighted by molar-refractivity contribution is 5.94. The monoisotopic (exact) mass is 243 g/mol. The van der Waals surface area contributed by atoms with E-state index in [-0.39, 0.29) is 11.7 Å². The molecule has 1 aromatic carbocycles. The lowest BCUT2D eigenvalue weighted by molar-refractivity contribution is 0.0955.